The molecule has 158 valence electrons. The van der Waals surface area contributed by atoms with Gasteiger partial charge in [-0.2, -0.15) is 0 Å². The average Bonchev–Trinajstić information content (AvgIpc) is 3.04. The van der Waals surface area contributed by atoms with Gasteiger partial charge in [0, 0.05) is 12.8 Å². The average molecular weight is 395 g/mol. The molecule has 1 rings (SSSR count). The summed E-state index contributed by atoms with van der Waals surface area (Å²) in [4.78, 5) is 10.6. The molecule has 0 unspecified atom stereocenters. The van der Waals surface area contributed by atoms with Gasteiger partial charge < -0.3 is 25.2 Å². The van der Waals surface area contributed by atoms with Crippen LogP contribution in [0.2, 0.25) is 0 Å². The highest BCUT2D eigenvalue weighted by Crippen LogP contribution is 2.25. The van der Waals surface area contributed by atoms with Crippen LogP contribution in [0.25, 0.3) is 0 Å². The van der Waals surface area contributed by atoms with E-state index in [0.717, 1.165) is 19.3 Å². The number of hydrogen-bond acceptors (Lipinski definition) is 5. The predicted molar refractivity (Wildman–Crippen MR) is 109 cm³/mol. The predicted octanol–water partition coefficient (Wildman–Crippen LogP) is 2.90. The molecule has 0 saturated carbocycles. The Morgan fingerprint density at radius 3 is 2.39 bits per heavy atom. The molecule has 1 aliphatic rings. The highest BCUT2D eigenvalue weighted by atomic mass is 16.5. The fourth-order valence-electron chi connectivity index (χ4n) is 2.86. The minimum atomic E-state index is -0.978. The molecule has 6 nitrogen and oxygen atoms in total. The smallest absolute Gasteiger partial charge is 0.303 e. The number of allylic oxidation sites excluding steroid dienone is 5. The van der Waals surface area contributed by atoms with Gasteiger partial charge in [-0.15, -0.1) is 0 Å². The third kappa shape index (κ3) is 10.6. The molecule has 1 aliphatic heterocycles. The highest BCUT2D eigenvalue weighted by molar-refractivity contribution is 5.66. The van der Waals surface area contributed by atoms with Crippen LogP contribution in [0.3, 0.4) is 0 Å². The molecular formula is C22H34O6. The van der Waals surface area contributed by atoms with Crippen LogP contribution in [0.15, 0.2) is 48.6 Å². The maximum absolute atomic E-state index is 10.6. The zero-order valence-electron chi connectivity index (χ0n) is 16.6. The van der Waals surface area contributed by atoms with Crippen LogP contribution in [0.4, 0.5) is 0 Å². The molecule has 0 aromatic rings. The molecule has 5 atom stereocenters. The second kappa shape index (κ2) is 14.3. The van der Waals surface area contributed by atoms with Crippen molar-refractivity contribution in [2.24, 2.45) is 0 Å². The first-order chi connectivity index (χ1) is 13.4. The van der Waals surface area contributed by atoms with Crippen molar-refractivity contribution < 1.29 is 30.0 Å². The molecular weight excluding hydrogens is 360 g/mol. The Morgan fingerprint density at radius 1 is 1.11 bits per heavy atom. The number of carboxylic acids is 1. The van der Waals surface area contributed by atoms with Gasteiger partial charge in [0.2, 0.25) is 0 Å². The van der Waals surface area contributed by atoms with E-state index in [4.69, 9.17) is 9.84 Å². The zero-order valence-corrected chi connectivity index (χ0v) is 16.6. The van der Waals surface area contributed by atoms with E-state index in [1.807, 2.05) is 12.2 Å². The van der Waals surface area contributed by atoms with Crippen molar-refractivity contribution in [1.29, 1.82) is 0 Å². The summed E-state index contributed by atoms with van der Waals surface area (Å²) in [5.41, 5.74) is 0. The minimum absolute atomic E-state index is 0.0832. The van der Waals surface area contributed by atoms with Gasteiger partial charge >= 0.3 is 5.97 Å². The number of ether oxygens (including phenoxy) is 1. The summed E-state index contributed by atoms with van der Waals surface area (Å²) in [6.07, 6.45) is 15.4. The van der Waals surface area contributed by atoms with Crippen LogP contribution in [-0.2, 0) is 9.53 Å². The van der Waals surface area contributed by atoms with Crippen molar-refractivity contribution in [2.75, 3.05) is 0 Å². The van der Waals surface area contributed by atoms with Crippen molar-refractivity contribution in [3.05, 3.63) is 48.6 Å². The second-order valence-electron chi connectivity index (χ2n) is 6.92. The number of hydrogen-bond donors (Lipinski definition) is 4. The van der Waals surface area contributed by atoms with Crippen LogP contribution in [0.5, 0.6) is 0 Å². The van der Waals surface area contributed by atoms with Crippen molar-refractivity contribution in [1.82, 2.24) is 0 Å². The van der Waals surface area contributed by atoms with Crippen molar-refractivity contribution in [2.45, 2.75) is 82.4 Å². The Hall–Kier alpha value is -1.73. The minimum Gasteiger partial charge on any atom is -0.481 e. The van der Waals surface area contributed by atoms with Crippen molar-refractivity contribution >= 4 is 5.97 Å². The van der Waals surface area contributed by atoms with Crippen LogP contribution >= 0.6 is 0 Å². The van der Waals surface area contributed by atoms with E-state index in [1.165, 1.54) is 0 Å². The highest BCUT2D eigenvalue weighted by Gasteiger charge is 2.36. The van der Waals surface area contributed by atoms with E-state index in [-0.39, 0.29) is 19.3 Å². The lowest BCUT2D eigenvalue weighted by molar-refractivity contribution is -0.138. The topological polar surface area (TPSA) is 107 Å². The van der Waals surface area contributed by atoms with Gasteiger partial charge in [-0.25, -0.2) is 0 Å². The van der Waals surface area contributed by atoms with E-state index in [0.29, 0.717) is 6.42 Å². The lowest BCUT2D eigenvalue weighted by atomic mass is 10.0. The van der Waals surface area contributed by atoms with Gasteiger partial charge in [0.25, 0.3) is 0 Å². The number of aliphatic carboxylic acids is 1. The summed E-state index contributed by atoms with van der Waals surface area (Å²) in [7, 11) is 0. The lowest BCUT2D eigenvalue weighted by Gasteiger charge is -2.17. The van der Waals surface area contributed by atoms with Crippen LogP contribution < -0.4 is 0 Å². The SMILES string of the molecule is CC/C=C\C/C=C\C/C=C\C[C@@H](O)/C=C/[C@H]1O[C@@H]([C@H](O)CCC(=O)O)C[C@@H]1O. The first kappa shape index (κ1) is 24.3. The number of carbonyl (C=O) groups is 1. The maximum Gasteiger partial charge on any atom is 0.303 e. The van der Waals surface area contributed by atoms with Crippen LogP contribution in [0.1, 0.15) is 51.9 Å². The standard InChI is InChI=1S/C22H34O6/c1-2-3-4-5-6-7-8-9-10-11-17(23)12-14-20-19(25)16-21(28-20)18(24)13-15-22(26)27/h3-4,6-7,9-10,12,14,17-21,23-25H,2,5,8,11,13,15-16H2,1H3,(H,26,27)/b4-3-,7-6-,10-9-,14-12+/t17-,18-,19+,20-,21-/m1/s1. The molecule has 28 heavy (non-hydrogen) atoms. The van der Waals surface area contributed by atoms with Gasteiger partial charge in [0.05, 0.1) is 24.4 Å². The number of aliphatic hydroxyl groups excluding tert-OH is 3. The van der Waals surface area contributed by atoms with Gasteiger partial charge in [-0.1, -0.05) is 55.5 Å². The molecule has 0 aromatic heterocycles. The molecule has 0 aliphatic carbocycles. The normalized spacial score (nSPS) is 25.5. The van der Waals surface area contributed by atoms with Crippen LogP contribution in [0, 0.1) is 0 Å². The summed E-state index contributed by atoms with van der Waals surface area (Å²) in [6.45, 7) is 2.10. The Kier molecular flexibility index (Phi) is 12.4. The van der Waals surface area contributed by atoms with Gasteiger partial charge in [-0.05, 0) is 32.1 Å². The summed E-state index contributed by atoms with van der Waals surface area (Å²) in [5.74, 6) is -0.978. The Bertz CT molecular complexity index is 551. The molecule has 1 fully saturated rings. The molecule has 0 spiro atoms. The number of carboxylic acid groups (broad SMARTS) is 1. The first-order valence-corrected chi connectivity index (χ1v) is 9.98. The van der Waals surface area contributed by atoms with Gasteiger partial charge in [0.15, 0.2) is 0 Å². The third-order valence-electron chi connectivity index (χ3n) is 4.45. The fourth-order valence-corrected chi connectivity index (χ4v) is 2.86. The molecule has 4 N–H and O–H groups in total. The molecule has 0 bridgehead atoms. The summed E-state index contributed by atoms with van der Waals surface area (Å²) in [5, 5.41) is 38.7. The maximum atomic E-state index is 10.6. The first-order valence-electron chi connectivity index (χ1n) is 9.98. The van der Waals surface area contributed by atoms with Crippen LogP contribution in [-0.4, -0.2) is 56.9 Å². The molecule has 1 saturated heterocycles. The van der Waals surface area contributed by atoms with E-state index in [9.17, 15) is 20.1 Å². The van der Waals surface area contributed by atoms with Crippen molar-refractivity contribution in [3.63, 3.8) is 0 Å². The molecule has 0 radical (unpaired) electrons. The van der Waals surface area contributed by atoms with E-state index in [2.05, 4.69) is 31.2 Å². The summed E-state index contributed by atoms with van der Waals surface area (Å²) >= 11 is 0. The summed E-state index contributed by atoms with van der Waals surface area (Å²) < 4.78 is 5.59. The molecule has 0 aromatic carbocycles. The second-order valence-corrected chi connectivity index (χ2v) is 6.92. The molecule has 1 heterocycles. The zero-order chi connectivity index (χ0) is 20.8. The Morgan fingerprint density at radius 2 is 1.75 bits per heavy atom. The largest absolute Gasteiger partial charge is 0.481 e. The molecule has 0 amide bonds. The Balaban J connectivity index is 2.29. The number of rotatable bonds is 13. The lowest BCUT2D eigenvalue weighted by Crippen LogP contribution is -2.26. The monoisotopic (exact) mass is 394 g/mol. The van der Waals surface area contributed by atoms with Gasteiger partial charge in [0.1, 0.15) is 6.10 Å². The van der Waals surface area contributed by atoms with E-state index in [1.54, 1.807) is 12.2 Å². The van der Waals surface area contributed by atoms with E-state index >= 15 is 0 Å². The number of aliphatic hydroxyl groups is 3. The third-order valence-corrected chi connectivity index (χ3v) is 4.45. The molecule has 6 heteroatoms. The quantitative estimate of drug-likeness (QED) is 0.358. The fraction of sp³-hybridized carbons (Fsp3) is 0.591. The van der Waals surface area contributed by atoms with E-state index < -0.39 is 36.5 Å². The van der Waals surface area contributed by atoms with Crippen molar-refractivity contribution in [3.8, 4) is 0 Å². The summed E-state index contributed by atoms with van der Waals surface area (Å²) in [6, 6.07) is 0. The van der Waals surface area contributed by atoms with Gasteiger partial charge in [-0.3, -0.25) is 4.79 Å². The Labute approximate surface area is 167 Å².